The number of rotatable bonds is 6. The average molecular weight is 337 g/mol. The SMILES string of the molecule is CCNC(=O)c1cccc(NC(=O)CSc2nnc(N)s2)c1. The Morgan fingerprint density at radius 1 is 1.36 bits per heavy atom. The van der Waals surface area contributed by atoms with Crippen LogP contribution in [0.15, 0.2) is 28.6 Å². The van der Waals surface area contributed by atoms with Gasteiger partial charge in [-0.3, -0.25) is 9.59 Å². The highest BCUT2D eigenvalue weighted by atomic mass is 32.2. The normalized spacial score (nSPS) is 10.2. The Labute approximate surface area is 135 Å². The molecule has 0 unspecified atom stereocenters. The van der Waals surface area contributed by atoms with Crippen LogP contribution in [0.1, 0.15) is 17.3 Å². The molecule has 0 spiro atoms. The van der Waals surface area contributed by atoms with Gasteiger partial charge in [-0.05, 0) is 25.1 Å². The molecule has 22 heavy (non-hydrogen) atoms. The molecule has 0 aliphatic heterocycles. The number of anilines is 2. The van der Waals surface area contributed by atoms with Crippen molar-refractivity contribution in [2.75, 3.05) is 23.3 Å². The van der Waals surface area contributed by atoms with Gasteiger partial charge in [0.25, 0.3) is 5.91 Å². The van der Waals surface area contributed by atoms with Gasteiger partial charge in [-0.2, -0.15) is 0 Å². The van der Waals surface area contributed by atoms with Gasteiger partial charge >= 0.3 is 0 Å². The molecule has 0 fully saturated rings. The van der Waals surface area contributed by atoms with Gasteiger partial charge in [-0.1, -0.05) is 29.2 Å². The second-order valence-corrected chi connectivity index (χ2v) is 6.41. The lowest BCUT2D eigenvalue weighted by molar-refractivity contribution is -0.113. The zero-order valence-electron chi connectivity index (χ0n) is 11.8. The molecule has 0 radical (unpaired) electrons. The minimum atomic E-state index is -0.188. The Hall–Kier alpha value is -2.13. The van der Waals surface area contributed by atoms with Crippen molar-refractivity contribution in [1.82, 2.24) is 15.5 Å². The molecule has 2 aromatic rings. The Bertz CT molecular complexity index is 674. The van der Waals surface area contributed by atoms with E-state index < -0.39 is 0 Å². The molecule has 9 heteroatoms. The fourth-order valence-electron chi connectivity index (χ4n) is 1.60. The van der Waals surface area contributed by atoms with E-state index in [4.69, 9.17) is 5.73 Å². The zero-order chi connectivity index (χ0) is 15.9. The topological polar surface area (TPSA) is 110 Å². The minimum absolute atomic E-state index is 0.169. The van der Waals surface area contributed by atoms with E-state index in [9.17, 15) is 9.59 Å². The molecule has 0 aliphatic rings. The summed E-state index contributed by atoms with van der Waals surface area (Å²) in [5, 5.41) is 13.3. The number of amides is 2. The summed E-state index contributed by atoms with van der Waals surface area (Å²) in [6.45, 7) is 2.40. The fraction of sp³-hybridized carbons (Fsp3) is 0.231. The molecule has 2 rings (SSSR count). The van der Waals surface area contributed by atoms with E-state index in [0.29, 0.717) is 27.3 Å². The van der Waals surface area contributed by atoms with E-state index >= 15 is 0 Å². The summed E-state index contributed by atoms with van der Waals surface area (Å²) in [7, 11) is 0. The van der Waals surface area contributed by atoms with E-state index in [-0.39, 0.29) is 17.6 Å². The third-order valence-electron chi connectivity index (χ3n) is 2.49. The highest BCUT2D eigenvalue weighted by Gasteiger charge is 2.09. The summed E-state index contributed by atoms with van der Waals surface area (Å²) in [6, 6.07) is 6.78. The first kappa shape index (κ1) is 16.2. The van der Waals surface area contributed by atoms with Crippen LogP contribution in [0.25, 0.3) is 0 Å². The number of carbonyl (C=O) groups is 2. The van der Waals surface area contributed by atoms with E-state index in [2.05, 4.69) is 20.8 Å². The van der Waals surface area contributed by atoms with Gasteiger partial charge in [0.05, 0.1) is 5.75 Å². The highest BCUT2D eigenvalue weighted by molar-refractivity contribution is 8.01. The molecule has 7 nitrogen and oxygen atoms in total. The first-order valence-corrected chi connectivity index (χ1v) is 8.28. The van der Waals surface area contributed by atoms with Gasteiger partial charge in [0, 0.05) is 17.8 Å². The molecule has 1 heterocycles. The zero-order valence-corrected chi connectivity index (χ0v) is 13.5. The summed E-state index contributed by atoms with van der Waals surface area (Å²) < 4.78 is 0.642. The monoisotopic (exact) mass is 337 g/mol. The number of nitrogens with one attached hydrogen (secondary N) is 2. The van der Waals surface area contributed by atoms with Crippen LogP contribution in [0.5, 0.6) is 0 Å². The van der Waals surface area contributed by atoms with Crippen LogP contribution < -0.4 is 16.4 Å². The van der Waals surface area contributed by atoms with Crippen LogP contribution in [-0.2, 0) is 4.79 Å². The van der Waals surface area contributed by atoms with E-state index in [1.54, 1.807) is 24.3 Å². The number of benzene rings is 1. The predicted molar refractivity (Wildman–Crippen MR) is 88.1 cm³/mol. The molecule has 0 saturated heterocycles. The predicted octanol–water partition coefficient (Wildman–Crippen LogP) is 1.60. The van der Waals surface area contributed by atoms with Crippen LogP contribution >= 0.6 is 23.1 Å². The van der Waals surface area contributed by atoms with Gasteiger partial charge in [-0.15, -0.1) is 10.2 Å². The maximum atomic E-state index is 11.9. The lowest BCUT2D eigenvalue weighted by Crippen LogP contribution is -2.23. The van der Waals surface area contributed by atoms with Crippen LogP contribution in [0.3, 0.4) is 0 Å². The number of carbonyl (C=O) groups excluding carboxylic acids is 2. The summed E-state index contributed by atoms with van der Waals surface area (Å²) in [5.74, 6) is -0.163. The molecule has 2 amide bonds. The van der Waals surface area contributed by atoms with Crippen molar-refractivity contribution < 1.29 is 9.59 Å². The lowest BCUT2D eigenvalue weighted by Gasteiger charge is -2.07. The largest absolute Gasteiger partial charge is 0.374 e. The summed E-state index contributed by atoms with van der Waals surface area (Å²) in [6.07, 6.45) is 0. The van der Waals surface area contributed by atoms with Gasteiger partial charge in [0.1, 0.15) is 0 Å². The molecule has 4 N–H and O–H groups in total. The number of thioether (sulfide) groups is 1. The summed E-state index contributed by atoms with van der Waals surface area (Å²) in [4.78, 5) is 23.6. The highest BCUT2D eigenvalue weighted by Crippen LogP contribution is 2.23. The summed E-state index contributed by atoms with van der Waals surface area (Å²) in [5.41, 5.74) is 6.55. The standard InChI is InChI=1S/C13H15N5O2S2/c1-2-15-11(20)8-4-3-5-9(6-8)16-10(19)7-21-13-18-17-12(14)22-13/h3-6H,2,7H2,1H3,(H2,14,17)(H,15,20)(H,16,19). The smallest absolute Gasteiger partial charge is 0.251 e. The summed E-state index contributed by atoms with van der Waals surface area (Å²) >= 11 is 2.49. The molecule has 1 aromatic heterocycles. The first-order valence-electron chi connectivity index (χ1n) is 6.48. The Morgan fingerprint density at radius 2 is 2.18 bits per heavy atom. The molecule has 0 aliphatic carbocycles. The molecule has 0 saturated carbocycles. The van der Waals surface area contributed by atoms with Crippen molar-refractivity contribution in [3.63, 3.8) is 0 Å². The van der Waals surface area contributed by atoms with E-state index in [0.717, 1.165) is 0 Å². The second kappa shape index (κ2) is 7.76. The van der Waals surface area contributed by atoms with Crippen molar-refractivity contribution >= 4 is 45.7 Å². The third-order valence-corrected chi connectivity index (χ3v) is 4.38. The molecule has 0 atom stereocenters. The molecular weight excluding hydrogens is 322 g/mol. The minimum Gasteiger partial charge on any atom is -0.374 e. The maximum Gasteiger partial charge on any atom is 0.251 e. The van der Waals surface area contributed by atoms with Crippen LogP contribution in [0, 0.1) is 0 Å². The van der Waals surface area contributed by atoms with Crippen molar-refractivity contribution in [3.8, 4) is 0 Å². The average Bonchev–Trinajstić information content (AvgIpc) is 2.91. The van der Waals surface area contributed by atoms with E-state index in [1.165, 1.54) is 23.1 Å². The van der Waals surface area contributed by atoms with Gasteiger partial charge in [-0.25, -0.2) is 0 Å². The van der Waals surface area contributed by atoms with Crippen molar-refractivity contribution in [3.05, 3.63) is 29.8 Å². The first-order chi connectivity index (χ1) is 10.6. The number of hydrogen-bond donors (Lipinski definition) is 3. The number of nitrogen functional groups attached to an aromatic ring is 1. The molecule has 116 valence electrons. The van der Waals surface area contributed by atoms with Crippen LogP contribution in [0.4, 0.5) is 10.8 Å². The Kier molecular flexibility index (Phi) is 5.73. The number of nitrogens with zero attached hydrogens (tertiary/aromatic N) is 2. The third kappa shape index (κ3) is 4.71. The molecular formula is C13H15N5O2S2. The van der Waals surface area contributed by atoms with Crippen LogP contribution in [-0.4, -0.2) is 34.3 Å². The lowest BCUT2D eigenvalue weighted by atomic mass is 10.2. The quantitative estimate of drug-likeness (QED) is 0.691. The van der Waals surface area contributed by atoms with Crippen LogP contribution in [0.2, 0.25) is 0 Å². The Morgan fingerprint density at radius 3 is 2.86 bits per heavy atom. The maximum absolute atomic E-state index is 11.9. The molecule has 1 aromatic carbocycles. The van der Waals surface area contributed by atoms with Crippen molar-refractivity contribution in [2.24, 2.45) is 0 Å². The Balaban J connectivity index is 1.91. The number of hydrogen-bond acceptors (Lipinski definition) is 7. The van der Waals surface area contributed by atoms with E-state index in [1.807, 2.05) is 6.92 Å². The van der Waals surface area contributed by atoms with Gasteiger partial charge < -0.3 is 16.4 Å². The van der Waals surface area contributed by atoms with Crippen molar-refractivity contribution in [1.29, 1.82) is 0 Å². The number of nitrogens with two attached hydrogens (primary N) is 1. The second-order valence-electron chi connectivity index (χ2n) is 4.18. The van der Waals surface area contributed by atoms with Gasteiger partial charge in [0.2, 0.25) is 11.0 Å². The number of aromatic nitrogens is 2. The van der Waals surface area contributed by atoms with Crippen molar-refractivity contribution in [2.45, 2.75) is 11.3 Å². The molecule has 0 bridgehead atoms. The van der Waals surface area contributed by atoms with Gasteiger partial charge in [0.15, 0.2) is 4.34 Å². The fourth-order valence-corrected chi connectivity index (χ4v) is 3.04.